The van der Waals surface area contributed by atoms with E-state index >= 15 is 0 Å². The standard InChI is InChI=1S/C22H24ClN3O2S/c1-14-19(15-8-10-16(23)11-9-15)20-21(29-14)24-13-26(22(20)28)12-18(27)25(2)17-6-4-3-5-7-17/h8-11,13,17H,3-7,12H2,1-2H3. The average Bonchev–Trinajstić information content (AvgIpc) is 3.07. The van der Waals surface area contributed by atoms with Crippen LogP contribution in [-0.2, 0) is 11.3 Å². The SMILES string of the molecule is Cc1sc2ncn(CC(=O)N(C)C3CCCCC3)c(=O)c2c1-c1ccc(Cl)cc1. The van der Waals surface area contributed by atoms with Gasteiger partial charge < -0.3 is 4.90 Å². The quantitative estimate of drug-likeness (QED) is 0.594. The summed E-state index contributed by atoms with van der Waals surface area (Å²) in [6.45, 7) is 2.01. The van der Waals surface area contributed by atoms with Gasteiger partial charge in [-0.1, -0.05) is 43.0 Å². The van der Waals surface area contributed by atoms with Gasteiger partial charge in [0.25, 0.3) is 5.56 Å². The van der Waals surface area contributed by atoms with Gasteiger partial charge in [-0.15, -0.1) is 11.3 Å². The van der Waals surface area contributed by atoms with Crippen LogP contribution >= 0.6 is 22.9 Å². The first-order valence-electron chi connectivity index (χ1n) is 9.96. The lowest BCUT2D eigenvalue weighted by Gasteiger charge is -2.31. The van der Waals surface area contributed by atoms with E-state index in [1.165, 1.54) is 28.7 Å². The average molecular weight is 430 g/mol. The zero-order valence-electron chi connectivity index (χ0n) is 16.7. The number of carbonyl (C=O) groups excluding carboxylic acids is 1. The first-order valence-corrected chi connectivity index (χ1v) is 11.2. The lowest BCUT2D eigenvalue weighted by Crippen LogP contribution is -2.41. The first kappa shape index (κ1) is 20.1. The Balaban J connectivity index is 1.68. The Labute approximate surface area is 178 Å². The highest BCUT2D eigenvalue weighted by atomic mass is 35.5. The molecule has 0 aliphatic heterocycles. The fraction of sp³-hybridized carbons (Fsp3) is 0.409. The molecule has 7 heteroatoms. The molecule has 0 saturated heterocycles. The molecule has 0 bridgehead atoms. The number of benzene rings is 1. The fourth-order valence-electron chi connectivity index (χ4n) is 4.14. The maximum Gasteiger partial charge on any atom is 0.263 e. The Morgan fingerprint density at radius 3 is 2.62 bits per heavy atom. The van der Waals surface area contributed by atoms with Gasteiger partial charge in [-0.3, -0.25) is 14.2 Å². The molecular formula is C22H24ClN3O2S. The summed E-state index contributed by atoms with van der Waals surface area (Å²) >= 11 is 7.52. The summed E-state index contributed by atoms with van der Waals surface area (Å²) in [5, 5.41) is 1.23. The molecule has 1 aromatic carbocycles. The minimum absolute atomic E-state index is 0.0176. The maximum absolute atomic E-state index is 13.3. The molecule has 0 N–H and O–H groups in total. The molecule has 2 aromatic heterocycles. The molecule has 1 aliphatic rings. The highest BCUT2D eigenvalue weighted by Crippen LogP contribution is 2.35. The third kappa shape index (κ3) is 3.96. The minimum Gasteiger partial charge on any atom is -0.341 e. The maximum atomic E-state index is 13.3. The summed E-state index contributed by atoms with van der Waals surface area (Å²) in [7, 11) is 1.85. The van der Waals surface area contributed by atoms with E-state index in [1.807, 2.05) is 43.1 Å². The summed E-state index contributed by atoms with van der Waals surface area (Å²) in [6.07, 6.45) is 7.14. The molecule has 0 spiro atoms. The van der Waals surface area contributed by atoms with Crippen LogP contribution in [0.25, 0.3) is 21.3 Å². The van der Waals surface area contributed by atoms with Gasteiger partial charge >= 0.3 is 0 Å². The van der Waals surface area contributed by atoms with Crippen molar-refractivity contribution in [3.05, 3.63) is 50.8 Å². The Morgan fingerprint density at radius 1 is 1.24 bits per heavy atom. The number of carbonyl (C=O) groups is 1. The molecule has 3 aromatic rings. The van der Waals surface area contributed by atoms with Gasteiger partial charge in [0.2, 0.25) is 5.91 Å². The normalized spacial score (nSPS) is 15.0. The molecule has 1 saturated carbocycles. The molecular weight excluding hydrogens is 406 g/mol. The lowest BCUT2D eigenvalue weighted by atomic mass is 9.94. The number of aromatic nitrogens is 2. The predicted molar refractivity (Wildman–Crippen MR) is 119 cm³/mol. The van der Waals surface area contributed by atoms with Gasteiger partial charge in [0.05, 0.1) is 11.7 Å². The van der Waals surface area contributed by atoms with E-state index in [0.29, 0.717) is 15.2 Å². The summed E-state index contributed by atoms with van der Waals surface area (Å²) < 4.78 is 1.44. The van der Waals surface area contributed by atoms with E-state index in [1.54, 1.807) is 0 Å². The van der Waals surface area contributed by atoms with Crippen molar-refractivity contribution in [3.63, 3.8) is 0 Å². The van der Waals surface area contributed by atoms with E-state index in [4.69, 9.17) is 11.6 Å². The number of fused-ring (bicyclic) bond motifs is 1. The summed E-state index contributed by atoms with van der Waals surface area (Å²) in [6, 6.07) is 7.73. The van der Waals surface area contributed by atoms with E-state index in [9.17, 15) is 9.59 Å². The van der Waals surface area contributed by atoms with Crippen molar-refractivity contribution in [2.24, 2.45) is 0 Å². The Bertz CT molecular complexity index is 1100. The molecule has 2 heterocycles. The molecule has 0 radical (unpaired) electrons. The number of nitrogens with zero attached hydrogens (tertiary/aromatic N) is 3. The van der Waals surface area contributed by atoms with E-state index < -0.39 is 0 Å². The van der Waals surface area contributed by atoms with Gasteiger partial charge in [0.15, 0.2) is 0 Å². The molecule has 0 unspecified atom stereocenters. The van der Waals surface area contributed by atoms with Crippen molar-refractivity contribution in [2.45, 2.75) is 51.6 Å². The number of likely N-dealkylation sites (N-methyl/N-ethyl adjacent to an activating group) is 1. The second kappa shape index (κ2) is 8.28. The number of rotatable bonds is 4. The van der Waals surface area contributed by atoms with E-state index in [0.717, 1.165) is 41.7 Å². The van der Waals surface area contributed by atoms with Crippen molar-refractivity contribution in [1.29, 1.82) is 0 Å². The second-order valence-corrected chi connectivity index (χ2v) is 9.33. The van der Waals surface area contributed by atoms with E-state index in [2.05, 4.69) is 4.98 Å². The van der Waals surface area contributed by atoms with Crippen LogP contribution in [0.3, 0.4) is 0 Å². The van der Waals surface area contributed by atoms with Gasteiger partial charge in [0.1, 0.15) is 11.4 Å². The molecule has 4 rings (SSSR count). The van der Waals surface area contributed by atoms with Crippen LogP contribution in [0.15, 0.2) is 35.4 Å². The van der Waals surface area contributed by atoms with Gasteiger partial charge in [-0.05, 0) is 37.5 Å². The van der Waals surface area contributed by atoms with Crippen LogP contribution in [-0.4, -0.2) is 33.4 Å². The van der Waals surface area contributed by atoms with Crippen LogP contribution in [0.2, 0.25) is 5.02 Å². The largest absolute Gasteiger partial charge is 0.341 e. The zero-order chi connectivity index (χ0) is 20.5. The van der Waals surface area contributed by atoms with Crippen LogP contribution in [0.4, 0.5) is 0 Å². The molecule has 1 fully saturated rings. The third-order valence-electron chi connectivity index (χ3n) is 5.81. The van der Waals surface area contributed by atoms with Gasteiger partial charge in [-0.2, -0.15) is 0 Å². The molecule has 1 aliphatic carbocycles. The number of hydrogen-bond donors (Lipinski definition) is 0. The van der Waals surface area contributed by atoms with Crippen LogP contribution in [0.5, 0.6) is 0 Å². The van der Waals surface area contributed by atoms with Crippen LogP contribution in [0, 0.1) is 6.92 Å². The number of aryl methyl sites for hydroxylation is 1. The number of halogens is 1. The fourth-order valence-corrected chi connectivity index (χ4v) is 5.27. The molecule has 5 nitrogen and oxygen atoms in total. The van der Waals surface area contributed by atoms with Crippen molar-refractivity contribution in [3.8, 4) is 11.1 Å². The molecule has 1 amide bonds. The highest BCUT2D eigenvalue weighted by molar-refractivity contribution is 7.19. The van der Waals surface area contributed by atoms with Crippen LogP contribution < -0.4 is 5.56 Å². The smallest absolute Gasteiger partial charge is 0.263 e. The summed E-state index contributed by atoms with van der Waals surface area (Å²) in [5.41, 5.74) is 1.64. The molecule has 0 atom stereocenters. The lowest BCUT2D eigenvalue weighted by molar-refractivity contribution is -0.133. The Hall–Kier alpha value is -2.18. The second-order valence-electron chi connectivity index (χ2n) is 7.69. The van der Waals surface area contributed by atoms with Crippen molar-refractivity contribution < 1.29 is 4.79 Å². The zero-order valence-corrected chi connectivity index (χ0v) is 18.2. The first-order chi connectivity index (χ1) is 14.0. The minimum atomic E-state index is -0.172. The van der Waals surface area contributed by atoms with Crippen molar-refractivity contribution in [1.82, 2.24) is 14.5 Å². The molecule has 29 heavy (non-hydrogen) atoms. The Morgan fingerprint density at radius 2 is 1.93 bits per heavy atom. The topological polar surface area (TPSA) is 55.2 Å². The summed E-state index contributed by atoms with van der Waals surface area (Å²) in [4.78, 5) is 34.1. The predicted octanol–water partition coefficient (Wildman–Crippen LogP) is 4.88. The third-order valence-corrected chi connectivity index (χ3v) is 7.07. The van der Waals surface area contributed by atoms with Crippen LogP contribution in [0.1, 0.15) is 37.0 Å². The van der Waals surface area contributed by atoms with Gasteiger partial charge in [0, 0.05) is 28.6 Å². The van der Waals surface area contributed by atoms with Crippen molar-refractivity contribution in [2.75, 3.05) is 7.05 Å². The van der Waals surface area contributed by atoms with Gasteiger partial charge in [-0.25, -0.2) is 4.98 Å². The number of hydrogen-bond acceptors (Lipinski definition) is 4. The summed E-state index contributed by atoms with van der Waals surface area (Å²) in [5.74, 6) is -0.0415. The highest BCUT2D eigenvalue weighted by Gasteiger charge is 2.23. The van der Waals surface area contributed by atoms with E-state index in [-0.39, 0.29) is 24.1 Å². The number of thiophene rings is 1. The Kier molecular flexibility index (Phi) is 5.74. The molecule has 152 valence electrons. The van der Waals surface area contributed by atoms with Crippen molar-refractivity contribution >= 4 is 39.1 Å². The number of amides is 1. The monoisotopic (exact) mass is 429 g/mol.